The van der Waals surface area contributed by atoms with Crippen LogP contribution in [-0.4, -0.2) is 50.9 Å². The fraction of sp³-hybridized carbons (Fsp3) is 0.280. The van der Waals surface area contributed by atoms with E-state index in [0.717, 1.165) is 12.7 Å². The highest BCUT2D eigenvalue weighted by Crippen LogP contribution is 2.48. The van der Waals surface area contributed by atoms with Gasteiger partial charge < -0.3 is 14.4 Å². The Morgan fingerprint density at radius 1 is 1.08 bits per heavy atom. The summed E-state index contributed by atoms with van der Waals surface area (Å²) in [7, 11) is -0.929. The summed E-state index contributed by atoms with van der Waals surface area (Å²) in [5.74, 6) is -2.81. The molecule has 0 amide bonds. The van der Waals surface area contributed by atoms with Gasteiger partial charge in [-0.3, -0.25) is 10.1 Å². The lowest BCUT2D eigenvalue weighted by Crippen LogP contribution is -2.33. The maximum atomic E-state index is 13.4. The summed E-state index contributed by atoms with van der Waals surface area (Å²) in [4.78, 5) is 38.6. The first-order valence-electron chi connectivity index (χ1n) is 11.1. The number of esters is 2. The van der Waals surface area contributed by atoms with E-state index in [1.807, 2.05) is 6.92 Å². The Labute approximate surface area is 218 Å². The Balaban J connectivity index is 2.32. The molecule has 196 valence electrons. The SMILES string of the molecule is CCOC(=O)C1=C(C)N(C)C(SS(=O)(=O)c2ccc(C)cc2)=C(C(=O)OC)C1c1cccc([N+](=O)[O-])c1. The highest BCUT2D eigenvalue weighted by molar-refractivity contribution is 8.73. The zero-order chi connectivity index (χ0) is 27.5. The maximum Gasteiger partial charge on any atom is 0.337 e. The van der Waals surface area contributed by atoms with Crippen LogP contribution in [-0.2, 0) is 27.9 Å². The monoisotopic (exact) mass is 546 g/mol. The van der Waals surface area contributed by atoms with Gasteiger partial charge in [-0.25, -0.2) is 18.0 Å². The number of non-ortho nitro benzene ring substituents is 1. The molecular formula is C25H26N2O8S2. The van der Waals surface area contributed by atoms with Crippen molar-refractivity contribution in [1.82, 2.24) is 4.90 Å². The Morgan fingerprint density at radius 3 is 2.30 bits per heavy atom. The maximum absolute atomic E-state index is 13.4. The van der Waals surface area contributed by atoms with Crippen molar-refractivity contribution < 1.29 is 32.4 Å². The van der Waals surface area contributed by atoms with Crippen LogP contribution in [0.4, 0.5) is 5.69 Å². The van der Waals surface area contributed by atoms with Crippen molar-refractivity contribution in [2.75, 3.05) is 20.8 Å². The van der Waals surface area contributed by atoms with Gasteiger partial charge in [-0.05, 0) is 38.5 Å². The molecule has 1 aliphatic rings. The van der Waals surface area contributed by atoms with Crippen molar-refractivity contribution in [3.8, 4) is 0 Å². The van der Waals surface area contributed by atoms with Crippen LogP contribution in [0, 0.1) is 17.0 Å². The van der Waals surface area contributed by atoms with E-state index in [1.54, 1.807) is 26.0 Å². The predicted octanol–water partition coefficient (Wildman–Crippen LogP) is 4.28. The number of benzene rings is 2. The van der Waals surface area contributed by atoms with Crippen molar-refractivity contribution in [2.24, 2.45) is 0 Å². The summed E-state index contributed by atoms with van der Waals surface area (Å²) >= 11 is 0. The van der Waals surface area contributed by atoms with Crippen LogP contribution < -0.4 is 0 Å². The van der Waals surface area contributed by atoms with Gasteiger partial charge in [-0.15, -0.1) is 0 Å². The van der Waals surface area contributed by atoms with Crippen LogP contribution in [0.1, 0.15) is 30.9 Å². The minimum absolute atomic E-state index is 0.00878. The normalized spacial score (nSPS) is 16.0. The summed E-state index contributed by atoms with van der Waals surface area (Å²) in [6.07, 6.45) is 0. The van der Waals surface area contributed by atoms with Crippen LogP contribution >= 0.6 is 10.8 Å². The molecule has 1 unspecified atom stereocenters. The molecule has 12 heteroatoms. The number of allylic oxidation sites excluding steroid dienone is 1. The standard InChI is InChI=1S/C25H26N2O8S2/c1-6-35-25(29)20-16(3)26(4)23(36-37(32,33)19-12-10-15(2)11-13-19)22(24(28)34-5)21(20)17-8-7-9-18(14-17)27(30)31/h7-14,21H,6H2,1-5H3. The molecule has 0 bridgehead atoms. The molecule has 2 aromatic rings. The van der Waals surface area contributed by atoms with Crippen LogP contribution in [0.25, 0.3) is 0 Å². The number of hydrogen-bond donors (Lipinski definition) is 0. The van der Waals surface area contributed by atoms with E-state index in [0.29, 0.717) is 16.5 Å². The molecular weight excluding hydrogens is 520 g/mol. The molecule has 0 aromatic heterocycles. The second-order valence-corrected chi connectivity index (χ2v) is 11.9. The molecule has 0 radical (unpaired) electrons. The number of carbonyl (C=O) groups excluding carboxylic acids is 2. The summed E-state index contributed by atoms with van der Waals surface area (Å²) in [5.41, 5.74) is 1.06. The van der Waals surface area contributed by atoms with Gasteiger partial charge in [0.25, 0.3) is 5.69 Å². The average molecular weight is 547 g/mol. The number of ether oxygens (including phenoxy) is 2. The first-order chi connectivity index (χ1) is 17.4. The van der Waals surface area contributed by atoms with E-state index in [1.165, 1.54) is 48.3 Å². The zero-order valence-corrected chi connectivity index (χ0v) is 22.5. The topological polar surface area (TPSA) is 133 Å². The zero-order valence-electron chi connectivity index (χ0n) is 20.9. The highest BCUT2D eigenvalue weighted by atomic mass is 33.1. The van der Waals surface area contributed by atoms with Crippen LogP contribution in [0.2, 0.25) is 0 Å². The van der Waals surface area contributed by atoms with Gasteiger partial charge in [0.2, 0.25) is 8.87 Å². The smallest absolute Gasteiger partial charge is 0.337 e. The molecule has 0 spiro atoms. The lowest BCUT2D eigenvalue weighted by molar-refractivity contribution is -0.384. The third kappa shape index (κ3) is 5.70. The molecule has 2 aromatic carbocycles. The molecule has 0 saturated heterocycles. The second-order valence-electron chi connectivity index (χ2n) is 8.12. The lowest BCUT2D eigenvalue weighted by atomic mass is 9.81. The minimum atomic E-state index is -4.02. The van der Waals surface area contributed by atoms with Gasteiger partial charge in [-0.1, -0.05) is 29.8 Å². The van der Waals surface area contributed by atoms with Gasteiger partial charge in [0.1, 0.15) is 5.03 Å². The van der Waals surface area contributed by atoms with Gasteiger partial charge in [0, 0.05) is 35.7 Å². The summed E-state index contributed by atoms with van der Waals surface area (Å²) < 4.78 is 37.0. The van der Waals surface area contributed by atoms with E-state index < -0.39 is 31.6 Å². The predicted molar refractivity (Wildman–Crippen MR) is 138 cm³/mol. The average Bonchev–Trinajstić information content (AvgIpc) is 2.86. The molecule has 0 saturated carbocycles. The van der Waals surface area contributed by atoms with Gasteiger partial charge in [0.05, 0.1) is 40.6 Å². The first kappa shape index (κ1) is 27.9. The van der Waals surface area contributed by atoms with E-state index >= 15 is 0 Å². The van der Waals surface area contributed by atoms with Crippen LogP contribution in [0.3, 0.4) is 0 Å². The summed E-state index contributed by atoms with van der Waals surface area (Å²) in [6.45, 7) is 5.08. The Morgan fingerprint density at radius 2 is 1.73 bits per heavy atom. The number of methoxy groups -OCH3 is 1. The molecule has 0 fully saturated rings. The van der Waals surface area contributed by atoms with E-state index in [-0.39, 0.29) is 38.9 Å². The van der Waals surface area contributed by atoms with Crippen molar-refractivity contribution >= 4 is 37.3 Å². The number of rotatable bonds is 8. The molecule has 1 aliphatic heterocycles. The third-order valence-electron chi connectivity index (χ3n) is 5.82. The number of nitro benzene ring substituents is 1. The number of carbonyl (C=O) groups is 2. The number of hydrogen-bond acceptors (Lipinski definition) is 10. The fourth-order valence-electron chi connectivity index (χ4n) is 3.89. The van der Waals surface area contributed by atoms with Crippen LogP contribution in [0.5, 0.6) is 0 Å². The quantitative estimate of drug-likeness (QED) is 0.204. The molecule has 0 N–H and O–H groups in total. The van der Waals surface area contributed by atoms with Crippen molar-refractivity contribution in [1.29, 1.82) is 0 Å². The molecule has 1 atom stereocenters. The number of nitro groups is 1. The Bertz CT molecular complexity index is 1410. The second kappa shape index (κ2) is 11.2. The number of aryl methyl sites for hydroxylation is 1. The van der Waals surface area contributed by atoms with Gasteiger partial charge in [-0.2, -0.15) is 0 Å². The minimum Gasteiger partial charge on any atom is -0.466 e. The largest absolute Gasteiger partial charge is 0.466 e. The Hall–Kier alpha value is -3.64. The van der Waals surface area contributed by atoms with Crippen molar-refractivity contribution in [2.45, 2.75) is 31.6 Å². The highest BCUT2D eigenvalue weighted by Gasteiger charge is 2.43. The number of nitrogens with zero attached hydrogens (tertiary/aromatic N) is 2. The van der Waals surface area contributed by atoms with E-state index in [4.69, 9.17) is 9.47 Å². The van der Waals surface area contributed by atoms with E-state index in [2.05, 4.69) is 0 Å². The molecule has 0 aliphatic carbocycles. The van der Waals surface area contributed by atoms with Crippen molar-refractivity contribution in [3.05, 3.63) is 91.6 Å². The summed E-state index contributed by atoms with van der Waals surface area (Å²) in [6, 6.07) is 11.7. The fourth-order valence-corrected chi connectivity index (χ4v) is 7.05. The lowest BCUT2D eigenvalue weighted by Gasteiger charge is -2.36. The van der Waals surface area contributed by atoms with Gasteiger partial charge in [0.15, 0.2) is 0 Å². The van der Waals surface area contributed by atoms with E-state index in [9.17, 15) is 28.1 Å². The third-order valence-corrected chi connectivity index (χ3v) is 9.25. The van der Waals surface area contributed by atoms with Crippen molar-refractivity contribution in [3.63, 3.8) is 0 Å². The molecule has 37 heavy (non-hydrogen) atoms. The Kier molecular flexibility index (Phi) is 8.44. The van der Waals surface area contributed by atoms with Gasteiger partial charge >= 0.3 is 11.9 Å². The van der Waals surface area contributed by atoms with Crippen LogP contribution in [0.15, 0.2) is 75.3 Å². The summed E-state index contributed by atoms with van der Waals surface area (Å²) in [5, 5.41) is 11.5. The first-order valence-corrected chi connectivity index (χ1v) is 13.9. The molecule has 3 rings (SSSR count). The molecule has 1 heterocycles. The molecule has 10 nitrogen and oxygen atoms in total.